The Kier molecular flexibility index (Phi) is 24.5. The van der Waals surface area contributed by atoms with Gasteiger partial charge in [-0.25, -0.2) is 14.2 Å². The molecule has 460 valence electrons. The summed E-state index contributed by atoms with van der Waals surface area (Å²) in [5, 5.41) is 29.3. The molecule has 0 spiro atoms. The molecular weight excluding hydrogens is 1110 g/mol. The Hall–Kier alpha value is -7.62. The SMILES string of the molecule is CCC1C(=O)OCc2c1cc1n(c2=O)Cc2c-1nc1cc(F)c(C)c3c1c2[C@@H](NC(=O)C(O)c1ccc(NC(=O)[C@H](CCCNC(N)=O)NC(=O)[C@@H](NC(=O)CCOCCOCCOCCOCCOCCOCCN=[N+]=[N-])C(C)C)cc1)CC3. The van der Waals surface area contributed by atoms with E-state index in [0.29, 0.717) is 129 Å². The average molecular weight is 1190 g/mol. The number of anilines is 1. The summed E-state index contributed by atoms with van der Waals surface area (Å²) in [5.74, 6) is -4.32. The second kappa shape index (κ2) is 32.0. The normalized spacial score (nSPS) is 15.8. The molecule has 5 atom stereocenters. The van der Waals surface area contributed by atoms with E-state index in [4.69, 9.17) is 49.4 Å². The molecule has 26 nitrogen and oxygen atoms in total. The minimum Gasteiger partial charge on any atom is -0.460 e. The van der Waals surface area contributed by atoms with Crippen LogP contribution >= 0.6 is 0 Å². The predicted molar refractivity (Wildman–Crippen MR) is 306 cm³/mol. The maximum absolute atomic E-state index is 15.5. The molecule has 1 aliphatic carbocycles. The number of aliphatic hydroxyl groups is 1. The number of rotatable bonds is 35. The van der Waals surface area contributed by atoms with Gasteiger partial charge in [-0.3, -0.25) is 28.8 Å². The van der Waals surface area contributed by atoms with E-state index in [1.807, 2.05) is 6.92 Å². The summed E-state index contributed by atoms with van der Waals surface area (Å²) in [5.41, 5.74) is 18.4. The minimum absolute atomic E-state index is 0.0542. The Morgan fingerprint density at radius 3 is 2.12 bits per heavy atom. The van der Waals surface area contributed by atoms with Gasteiger partial charge in [-0.2, -0.15) is 0 Å². The monoisotopic (exact) mass is 1190 g/mol. The molecule has 2 aromatic carbocycles. The summed E-state index contributed by atoms with van der Waals surface area (Å²) in [4.78, 5) is 100. The van der Waals surface area contributed by atoms with Crippen LogP contribution in [-0.4, -0.2) is 155 Å². The van der Waals surface area contributed by atoms with E-state index in [2.05, 4.69) is 36.6 Å². The largest absolute Gasteiger partial charge is 0.460 e. The molecule has 6 amide bonds. The van der Waals surface area contributed by atoms with Gasteiger partial charge in [0.15, 0.2) is 6.10 Å². The van der Waals surface area contributed by atoms with Crippen molar-refractivity contribution in [1.82, 2.24) is 30.8 Å². The smallest absolute Gasteiger partial charge is 0.313 e. The molecule has 4 heterocycles. The van der Waals surface area contributed by atoms with Gasteiger partial charge in [-0.05, 0) is 96.5 Å². The van der Waals surface area contributed by atoms with E-state index in [-0.39, 0.29) is 82.1 Å². The fraction of sp³-hybridized carbons (Fsp3) is 0.552. The molecule has 85 heavy (non-hydrogen) atoms. The number of pyridine rings is 2. The number of azide groups is 1. The summed E-state index contributed by atoms with van der Waals surface area (Å²) >= 11 is 0. The van der Waals surface area contributed by atoms with E-state index >= 15 is 4.39 Å². The van der Waals surface area contributed by atoms with Crippen molar-refractivity contribution in [3.05, 3.63) is 102 Å². The van der Waals surface area contributed by atoms with Gasteiger partial charge in [0, 0.05) is 47.1 Å². The van der Waals surface area contributed by atoms with E-state index in [1.54, 1.807) is 31.4 Å². The lowest BCUT2D eigenvalue weighted by Crippen LogP contribution is -2.54. The molecule has 7 rings (SSSR count). The third-order valence-corrected chi connectivity index (χ3v) is 14.9. The zero-order chi connectivity index (χ0) is 61.0. The van der Waals surface area contributed by atoms with Crippen LogP contribution in [0.2, 0.25) is 0 Å². The number of carbonyl (C=O) groups excluding carboxylic acids is 6. The topological polar surface area (TPSA) is 357 Å². The van der Waals surface area contributed by atoms with Gasteiger partial charge < -0.3 is 75.1 Å². The van der Waals surface area contributed by atoms with Gasteiger partial charge in [-0.15, -0.1) is 0 Å². The summed E-state index contributed by atoms with van der Waals surface area (Å²) < 4.78 is 55.1. The Bertz CT molecular complexity index is 3140. The molecule has 0 bridgehead atoms. The van der Waals surface area contributed by atoms with Gasteiger partial charge in [0.25, 0.3) is 11.5 Å². The molecule has 2 unspecified atom stereocenters. The number of primary amides is 1. The van der Waals surface area contributed by atoms with Crippen LogP contribution in [0.15, 0.2) is 46.3 Å². The number of hydrogen-bond donors (Lipinski definition) is 7. The van der Waals surface area contributed by atoms with Crippen LogP contribution in [0.25, 0.3) is 32.7 Å². The standard InChI is InChI=1S/C58H76FN11O15/c1-5-37-39-29-46-51-40(31-70(46)56(76)41(39)32-85-57(37)77)49-43(13-12-38-34(4)42(59)30-45(65-51)48(38)49)66-55(75)52(72)35-8-10-36(11-9-35)64-53(73)44(7-6-15-62-58(60)78)67-54(74)50(33(2)3)68-47(71)14-17-79-19-21-81-23-25-83-27-28-84-26-24-82-22-20-80-18-16-63-69-61/h8-11,29-30,33,37,43-44,50,52,72H,5-7,12-28,31-32H2,1-4H3,(H,64,73)(H,66,75)(H,67,74)(H,68,71)(H3,60,62,78)/t37?,43-,44-,50-,52?/m0/s1. The fourth-order valence-corrected chi connectivity index (χ4v) is 10.4. The Morgan fingerprint density at radius 2 is 1.51 bits per heavy atom. The molecule has 8 N–H and O–H groups in total. The summed E-state index contributed by atoms with van der Waals surface area (Å²) in [6, 6.07) is 5.44. The first-order valence-electron chi connectivity index (χ1n) is 28.6. The average Bonchev–Trinajstić information content (AvgIpc) is 1.67. The Balaban J connectivity index is 0.886. The number of fused-ring (bicyclic) bond motifs is 5. The quantitative estimate of drug-likeness (QED) is 0.00988. The van der Waals surface area contributed by atoms with Crippen LogP contribution in [0, 0.1) is 18.7 Å². The number of esters is 1. The molecule has 27 heteroatoms. The van der Waals surface area contributed by atoms with Crippen molar-refractivity contribution in [2.45, 2.75) is 110 Å². The van der Waals surface area contributed by atoms with Crippen molar-refractivity contribution >= 4 is 52.2 Å². The van der Waals surface area contributed by atoms with Crippen molar-refractivity contribution in [3.63, 3.8) is 0 Å². The number of carbonyl (C=O) groups is 6. The third-order valence-electron chi connectivity index (χ3n) is 14.9. The van der Waals surface area contributed by atoms with Crippen molar-refractivity contribution in [3.8, 4) is 11.4 Å². The van der Waals surface area contributed by atoms with Crippen LogP contribution in [0.3, 0.4) is 0 Å². The Morgan fingerprint density at radius 1 is 0.871 bits per heavy atom. The van der Waals surface area contributed by atoms with Crippen LogP contribution in [-0.2, 0) is 76.7 Å². The molecule has 2 aliphatic heterocycles. The summed E-state index contributed by atoms with van der Waals surface area (Å²) in [7, 11) is 0. The van der Waals surface area contributed by atoms with Gasteiger partial charge >= 0.3 is 12.0 Å². The van der Waals surface area contributed by atoms with Crippen molar-refractivity contribution in [2.24, 2.45) is 16.8 Å². The number of benzene rings is 2. The number of hydrogen-bond acceptors (Lipinski definition) is 17. The lowest BCUT2D eigenvalue weighted by molar-refractivity contribution is -0.148. The number of urea groups is 1. The number of cyclic esters (lactones) is 1. The first kappa shape index (κ1) is 64.9. The van der Waals surface area contributed by atoms with Crippen LogP contribution < -0.4 is 37.9 Å². The molecular formula is C58H76FN11O15. The van der Waals surface area contributed by atoms with Crippen LogP contribution in [0.1, 0.15) is 110 Å². The highest BCUT2D eigenvalue weighted by atomic mass is 19.1. The number of aliphatic hydroxyl groups excluding tert-OH is 1. The highest BCUT2D eigenvalue weighted by molar-refractivity contribution is 5.99. The molecule has 0 radical (unpaired) electrons. The third kappa shape index (κ3) is 17.3. The van der Waals surface area contributed by atoms with Crippen LogP contribution in [0.5, 0.6) is 0 Å². The summed E-state index contributed by atoms with van der Waals surface area (Å²) in [6.45, 7) is 11.3. The van der Waals surface area contributed by atoms with E-state index in [0.717, 1.165) is 5.56 Å². The molecule has 4 aromatic rings. The van der Waals surface area contributed by atoms with E-state index in [9.17, 15) is 38.7 Å². The summed E-state index contributed by atoms with van der Waals surface area (Å²) in [6.07, 6.45) is -0.269. The number of nitrogens with zero attached hydrogens (tertiary/aromatic N) is 5. The number of aryl methyl sites for hydroxylation is 1. The number of amides is 6. The highest BCUT2D eigenvalue weighted by Crippen LogP contribution is 2.46. The molecule has 0 saturated heterocycles. The molecule has 3 aliphatic rings. The predicted octanol–water partition coefficient (Wildman–Crippen LogP) is 4.07. The number of nitrogens with two attached hydrogens (primary N) is 1. The zero-order valence-electron chi connectivity index (χ0n) is 48.3. The van der Waals surface area contributed by atoms with Gasteiger partial charge in [-0.1, -0.05) is 38.0 Å². The van der Waals surface area contributed by atoms with E-state index in [1.165, 1.54) is 30.3 Å². The Labute approximate surface area is 490 Å². The molecule has 0 fully saturated rings. The second-order valence-corrected chi connectivity index (χ2v) is 20.9. The fourth-order valence-electron chi connectivity index (χ4n) is 10.4. The second-order valence-electron chi connectivity index (χ2n) is 20.9. The lowest BCUT2D eigenvalue weighted by Gasteiger charge is -2.30. The minimum atomic E-state index is -1.68. The number of aromatic nitrogens is 2. The van der Waals surface area contributed by atoms with Gasteiger partial charge in [0.05, 0.1) is 120 Å². The first-order valence-corrected chi connectivity index (χ1v) is 28.6. The maximum Gasteiger partial charge on any atom is 0.313 e. The van der Waals surface area contributed by atoms with Crippen LogP contribution in [0.4, 0.5) is 14.9 Å². The molecule has 0 saturated carbocycles. The molecule has 2 aromatic heterocycles. The van der Waals surface area contributed by atoms with E-state index < -0.39 is 77.5 Å². The number of ether oxygens (including phenoxy) is 7. The van der Waals surface area contributed by atoms with Crippen molar-refractivity contribution < 1.29 is 71.4 Å². The number of nitrogens with one attached hydrogen (secondary N) is 5. The van der Waals surface area contributed by atoms with Gasteiger partial charge in [0.2, 0.25) is 17.7 Å². The number of halogens is 1. The first-order chi connectivity index (χ1) is 41.0. The van der Waals surface area contributed by atoms with Crippen molar-refractivity contribution in [1.29, 1.82) is 0 Å². The maximum atomic E-state index is 15.5. The lowest BCUT2D eigenvalue weighted by atomic mass is 9.81. The zero-order valence-corrected chi connectivity index (χ0v) is 48.3. The van der Waals surface area contributed by atoms with Crippen molar-refractivity contribution in [2.75, 3.05) is 97.7 Å². The highest BCUT2D eigenvalue weighted by Gasteiger charge is 2.38. The van der Waals surface area contributed by atoms with Gasteiger partial charge in [0.1, 0.15) is 24.5 Å².